The van der Waals surface area contributed by atoms with E-state index in [0.717, 1.165) is 17.7 Å². The average Bonchev–Trinajstić information content (AvgIpc) is 2.62. The maximum Gasteiger partial charge on any atom is 0.338 e. The first-order valence-electron chi connectivity index (χ1n) is 7.44. The molecule has 2 aromatic carbocycles. The monoisotopic (exact) mass is 344 g/mol. The molecule has 0 aliphatic carbocycles. The summed E-state index contributed by atoms with van der Waals surface area (Å²) in [5.74, 6) is -1.45. The number of benzene rings is 2. The van der Waals surface area contributed by atoms with Crippen LogP contribution in [0.4, 0.5) is 5.69 Å². The minimum atomic E-state index is -0.745. The van der Waals surface area contributed by atoms with Crippen molar-refractivity contribution < 1.29 is 24.1 Å². The van der Waals surface area contributed by atoms with Gasteiger partial charge >= 0.3 is 5.97 Å². The zero-order valence-electron chi connectivity index (χ0n) is 13.4. The van der Waals surface area contributed by atoms with E-state index >= 15 is 0 Å². The minimum Gasteiger partial charge on any atom is -0.462 e. The summed E-state index contributed by atoms with van der Waals surface area (Å²) in [7, 11) is 0. The predicted molar refractivity (Wildman–Crippen MR) is 87.8 cm³/mol. The molecule has 0 fully saturated rings. The van der Waals surface area contributed by atoms with Gasteiger partial charge in [-0.2, -0.15) is 0 Å². The first-order valence-corrected chi connectivity index (χ1v) is 7.44. The van der Waals surface area contributed by atoms with Crippen LogP contribution in [0.3, 0.4) is 0 Å². The SMILES string of the molecule is CCOC(=O)c1cc(C(=O)NOCc2ccccc2)cc([N+](=O)[O-])c1. The number of ether oxygens (including phenoxy) is 1. The van der Waals surface area contributed by atoms with Gasteiger partial charge in [-0.3, -0.25) is 19.7 Å². The number of nitrogens with zero attached hydrogens (tertiary/aromatic N) is 1. The van der Waals surface area contributed by atoms with Gasteiger partial charge in [0.1, 0.15) is 0 Å². The third-order valence-electron chi connectivity index (χ3n) is 3.15. The highest BCUT2D eigenvalue weighted by Crippen LogP contribution is 2.18. The van der Waals surface area contributed by atoms with Crippen molar-refractivity contribution in [1.29, 1.82) is 0 Å². The Morgan fingerprint density at radius 3 is 2.44 bits per heavy atom. The van der Waals surface area contributed by atoms with Crippen molar-refractivity contribution in [3.63, 3.8) is 0 Å². The lowest BCUT2D eigenvalue weighted by Gasteiger charge is -2.08. The van der Waals surface area contributed by atoms with E-state index in [-0.39, 0.29) is 24.3 Å². The van der Waals surface area contributed by atoms with Crippen LogP contribution in [0.5, 0.6) is 0 Å². The molecule has 0 atom stereocenters. The molecule has 0 bridgehead atoms. The highest BCUT2D eigenvalue weighted by atomic mass is 16.7. The number of rotatable bonds is 7. The van der Waals surface area contributed by atoms with E-state index in [2.05, 4.69) is 5.48 Å². The molecule has 0 saturated heterocycles. The molecule has 2 aromatic rings. The Kier molecular flexibility index (Phi) is 6.19. The fourth-order valence-corrected chi connectivity index (χ4v) is 2.00. The molecule has 1 amide bonds. The second kappa shape index (κ2) is 8.55. The number of hydroxylamine groups is 1. The Labute approximate surface area is 143 Å². The Bertz CT molecular complexity index is 776. The summed E-state index contributed by atoms with van der Waals surface area (Å²) < 4.78 is 4.81. The molecule has 8 nitrogen and oxygen atoms in total. The van der Waals surface area contributed by atoms with E-state index in [1.165, 1.54) is 6.07 Å². The molecule has 0 saturated carbocycles. The molecule has 1 N–H and O–H groups in total. The Morgan fingerprint density at radius 2 is 1.80 bits per heavy atom. The van der Waals surface area contributed by atoms with E-state index in [1.54, 1.807) is 6.92 Å². The largest absolute Gasteiger partial charge is 0.462 e. The lowest BCUT2D eigenvalue weighted by Crippen LogP contribution is -2.24. The smallest absolute Gasteiger partial charge is 0.338 e. The second-order valence-corrected chi connectivity index (χ2v) is 4.95. The van der Waals surface area contributed by atoms with Crippen molar-refractivity contribution in [2.75, 3.05) is 6.61 Å². The fraction of sp³-hybridized carbons (Fsp3) is 0.176. The zero-order valence-corrected chi connectivity index (χ0v) is 13.4. The molecule has 130 valence electrons. The van der Waals surface area contributed by atoms with Crippen molar-refractivity contribution in [2.24, 2.45) is 0 Å². The van der Waals surface area contributed by atoms with Gasteiger partial charge in [0, 0.05) is 17.7 Å². The van der Waals surface area contributed by atoms with Gasteiger partial charge in [0.2, 0.25) is 0 Å². The minimum absolute atomic E-state index is 0.0784. The first-order chi connectivity index (χ1) is 12.0. The van der Waals surface area contributed by atoms with E-state index in [4.69, 9.17) is 9.57 Å². The molecule has 0 aliphatic rings. The van der Waals surface area contributed by atoms with Crippen LogP contribution < -0.4 is 5.48 Å². The van der Waals surface area contributed by atoms with Crippen LogP contribution in [0.1, 0.15) is 33.2 Å². The normalized spacial score (nSPS) is 10.1. The fourth-order valence-electron chi connectivity index (χ4n) is 2.00. The summed E-state index contributed by atoms with van der Waals surface area (Å²) in [6.45, 7) is 1.86. The molecule has 0 radical (unpaired) electrons. The van der Waals surface area contributed by atoms with E-state index in [0.29, 0.717) is 0 Å². The van der Waals surface area contributed by atoms with Crippen molar-refractivity contribution in [3.05, 3.63) is 75.3 Å². The van der Waals surface area contributed by atoms with Gasteiger partial charge in [-0.25, -0.2) is 10.3 Å². The summed E-state index contributed by atoms with van der Waals surface area (Å²) in [4.78, 5) is 39.3. The Morgan fingerprint density at radius 1 is 1.12 bits per heavy atom. The lowest BCUT2D eigenvalue weighted by atomic mass is 10.1. The van der Waals surface area contributed by atoms with Crippen LogP contribution in [0, 0.1) is 10.1 Å². The van der Waals surface area contributed by atoms with Gasteiger partial charge in [-0.1, -0.05) is 30.3 Å². The molecule has 0 aromatic heterocycles. The van der Waals surface area contributed by atoms with Crippen molar-refractivity contribution in [2.45, 2.75) is 13.5 Å². The summed E-state index contributed by atoms with van der Waals surface area (Å²) in [6, 6.07) is 12.5. The van der Waals surface area contributed by atoms with Crippen LogP contribution in [-0.4, -0.2) is 23.4 Å². The summed E-state index contributed by atoms with van der Waals surface area (Å²) in [5.41, 5.74) is 2.49. The summed E-state index contributed by atoms with van der Waals surface area (Å²) >= 11 is 0. The van der Waals surface area contributed by atoms with Gasteiger partial charge in [-0.05, 0) is 18.6 Å². The second-order valence-electron chi connectivity index (χ2n) is 4.95. The maximum atomic E-state index is 12.1. The maximum absolute atomic E-state index is 12.1. The third-order valence-corrected chi connectivity index (χ3v) is 3.15. The average molecular weight is 344 g/mol. The Hall–Kier alpha value is -3.26. The zero-order chi connectivity index (χ0) is 18.2. The standard InChI is InChI=1S/C17H16N2O6/c1-2-24-17(21)14-8-13(9-15(10-14)19(22)23)16(20)18-25-11-12-6-4-3-5-7-12/h3-10H,2,11H2,1H3,(H,18,20). The van der Waals surface area contributed by atoms with Crippen LogP contribution in [0.2, 0.25) is 0 Å². The van der Waals surface area contributed by atoms with Gasteiger partial charge in [-0.15, -0.1) is 0 Å². The lowest BCUT2D eigenvalue weighted by molar-refractivity contribution is -0.384. The highest BCUT2D eigenvalue weighted by molar-refractivity contribution is 5.98. The molecule has 0 aliphatic heterocycles. The number of non-ortho nitro benzene ring substituents is 1. The Balaban J connectivity index is 2.11. The molecule has 0 heterocycles. The number of esters is 1. The highest BCUT2D eigenvalue weighted by Gasteiger charge is 2.18. The summed E-state index contributed by atoms with van der Waals surface area (Å²) in [6.07, 6.45) is 0. The first kappa shape index (κ1) is 18.1. The molecular weight excluding hydrogens is 328 g/mol. The van der Waals surface area contributed by atoms with Crippen molar-refractivity contribution in [1.82, 2.24) is 5.48 Å². The van der Waals surface area contributed by atoms with E-state index in [9.17, 15) is 19.7 Å². The van der Waals surface area contributed by atoms with Gasteiger partial charge < -0.3 is 4.74 Å². The number of nitro benzene ring substituents is 1. The van der Waals surface area contributed by atoms with Gasteiger partial charge in [0.25, 0.3) is 11.6 Å². The number of nitro groups is 1. The van der Waals surface area contributed by atoms with Crippen molar-refractivity contribution >= 4 is 17.6 Å². The van der Waals surface area contributed by atoms with Crippen LogP contribution >= 0.6 is 0 Å². The van der Waals surface area contributed by atoms with Crippen LogP contribution in [0.15, 0.2) is 48.5 Å². The molecule has 0 spiro atoms. The third kappa shape index (κ3) is 5.11. The molecule has 2 rings (SSSR count). The molecule has 8 heteroatoms. The molecule has 25 heavy (non-hydrogen) atoms. The molecule has 0 unspecified atom stereocenters. The van der Waals surface area contributed by atoms with E-state index < -0.39 is 22.5 Å². The molecular formula is C17H16N2O6. The predicted octanol–water partition coefficient (Wildman–Crippen LogP) is 2.63. The number of hydrogen-bond acceptors (Lipinski definition) is 6. The number of carbonyl (C=O) groups is 2. The number of amides is 1. The van der Waals surface area contributed by atoms with Crippen LogP contribution in [0.25, 0.3) is 0 Å². The quantitative estimate of drug-likeness (QED) is 0.470. The topological polar surface area (TPSA) is 108 Å². The van der Waals surface area contributed by atoms with E-state index in [1.807, 2.05) is 30.3 Å². The number of hydrogen-bond donors (Lipinski definition) is 1. The van der Waals surface area contributed by atoms with Crippen molar-refractivity contribution in [3.8, 4) is 0 Å². The number of nitrogens with one attached hydrogen (secondary N) is 1. The van der Waals surface area contributed by atoms with Crippen LogP contribution in [-0.2, 0) is 16.2 Å². The summed E-state index contributed by atoms with van der Waals surface area (Å²) in [5, 5.41) is 11.0. The van der Waals surface area contributed by atoms with Gasteiger partial charge in [0.05, 0.1) is 23.7 Å². The van der Waals surface area contributed by atoms with Gasteiger partial charge in [0.15, 0.2) is 0 Å². The number of carbonyl (C=O) groups excluding carboxylic acids is 2.